The molecule has 0 saturated heterocycles. The van der Waals surface area contributed by atoms with Gasteiger partial charge in [0.25, 0.3) is 0 Å². The van der Waals surface area contributed by atoms with Gasteiger partial charge >= 0.3 is 0 Å². The maximum absolute atomic E-state index is 5.82. The maximum atomic E-state index is 5.82. The topological polar surface area (TPSA) is 29.3 Å². The second kappa shape index (κ2) is 5.64. The molecule has 1 aliphatic carbocycles. The first-order valence-corrected chi connectivity index (χ1v) is 7.20. The lowest BCUT2D eigenvalue weighted by atomic mass is 9.84. The van der Waals surface area contributed by atoms with Crippen molar-refractivity contribution in [2.45, 2.75) is 52.0 Å². The Morgan fingerprint density at radius 2 is 1.89 bits per heavy atom. The molecule has 2 nitrogen and oxygen atoms in total. The highest BCUT2D eigenvalue weighted by Crippen LogP contribution is 2.32. The first-order chi connectivity index (χ1) is 8.61. The lowest BCUT2D eigenvalue weighted by Gasteiger charge is -2.36. The molecule has 2 rings (SSSR count). The van der Waals surface area contributed by atoms with Crippen LogP contribution in [0.4, 0.5) is 11.4 Å². The number of hydrogen-bond acceptors (Lipinski definition) is 2. The van der Waals surface area contributed by atoms with Gasteiger partial charge in [0.15, 0.2) is 0 Å². The fraction of sp³-hybridized carbons (Fsp3) is 0.625. The average molecular weight is 246 g/mol. The molecular weight excluding hydrogens is 220 g/mol. The van der Waals surface area contributed by atoms with Crippen molar-refractivity contribution in [1.29, 1.82) is 0 Å². The molecule has 0 aromatic heterocycles. The summed E-state index contributed by atoms with van der Waals surface area (Å²) in [5.74, 6) is 0.960. The van der Waals surface area contributed by atoms with Gasteiger partial charge in [-0.3, -0.25) is 0 Å². The van der Waals surface area contributed by atoms with E-state index in [4.69, 9.17) is 5.73 Å². The Morgan fingerprint density at radius 3 is 2.44 bits per heavy atom. The summed E-state index contributed by atoms with van der Waals surface area (Å²) in [5.41, 5.74) is 9.31. The molecule has 1 aliphatic rings. The number of hydrogen-bond donors (Lipinski definition) is 1. The molecule has 0 radical (unpaired) electrons. The van der Waals surface area contributed by atoms with Crippen LogP contribution in [0.5, 0.6) is 0 Å². The van der Waals surface area contributed by atoms with Crippen molar-refractivity contribution >= 4 is 11.4 Å². The first kappa shape index (κ1) is 13.3. The minimum Gasteiger partial charge on any atom is -0.399 e. The number of nitrogens with zero attached hydrogens (tertiary/aromatic N) is 1. The maximum Gasteiger partial charge on any atom is 0.0397 e. The Bertz CT molecular complexity index is 392. The summed E-state index contributed by atoms with van der Waals surface area (Å²) in [7, 11) is 2.23. The van der Waals surface area contributed by atoms with E-state index in [0.29, 0.717) is 6.04 Å². The highest BCUT2D eigenvalue weighted by molar-refractivity contribution is 5.59. The van der Waals surface area contributed by atoms with Crippen LogP contribution in [0.3, 0.4) is 0 Å². The Hall–Kier alpha value is -1.18. The van der Waals surface area contributed by atoms with Crippen molar-refractivity contribution in [3.8, 4) is 0 Å². The van der Waals surface area contributed by atoms with Gasteiger partial charge in [-0.1, -0.05) is 13.3 Å². The molecule has 0 amide bonds. The molecule has 0 bridgehead atoms. The third kappa shape index (κ3) is 2.80. The van der Waals surface area contributed by atoms with Gasteiger partial charge in [0.05, 0.1) is 0 Å². The third-order valence-electron chi connectivity index (χ3n) is 4.54. The van der Waals surface area contributed by atoms with Crippen molar-refractivity contribution < 1.29 is 0 Å². The van der Waals surface area contributed by atoms with E-state index >= 15 is 0 Å². The van der Waals surface area contributed by atoms with E-state index in [9.17, 15) is 0 Å². The molecule has 2 heteroatoms. The van der Waals surface area contributed by atoms with Crippen molar-refractivity contribution in [3.63, 3.8) is 0 Å². The van der Waals surface area contributed by atoms with Gasteiger partial charge in [0, 0.05) is 24.5 Å². The molecule has 0 aliphatic heterocycles. The number of nitrogens with two attached hydrogens (primary N) is 1. The molecule has 1 aromatic carbocycles. The predicted octanol–water partition coefficient (Wildman–Crippen LogP) is 3.98. The number of nitrogen functional groups attached to an aromatic ring is 1. The van der Waals surface area contributed by atoms with E-state index in [2.05, 4.69) is 37.9 Å². The predicted molar refractivity (Wildman–Crippen MR) is 80.0 cm³/mol. The van der Waals surface area contributed by atoms with Crippen LogP contribution in [0.2, 0.25) is 0 Å². The average Bonchev–Trinajstić information content (AvgIpc) is 2.38. The van der Waals surface area contributed by atoms with E-state index in [1.54, 1.807) is 0 Å². The van der Waals surface area contributed by atoms with Crippen LogP contribution in [-0.4, -0.2) is 13.1 Å². The Morgan fingerprint density at radius 1 is 1.22 bits per heavy atom. The normalized spacial score (nSPS) is 23.9. The summed E-state index contributed by atoms with van der Waals surface area (Å²) >= 11 is 0. The number of aryl methyl sites for hydroxylation is 1. The molecule has 0 unspecified atom stereocenters. The van der Waals surface area contributed by atoms with Crippen molar-refractivity contribution in [2.24, 2.45) is 5.92 Å². The SMILES string of the molecule is CCC1CCC(N(C)c2ccc(N)cc2C)CC1. The van der Waals surface area contributed by atoms with Crippen LogP contribution in [0, 0.1) is 12.8 Å². The van der Waals surface area contributed by atoms with Crippen LogP contribution in [0.15, 0.2) is 18.2 Å². The largest absolute Gasteiger partial charge is 0.399 e. The van der Waals surface area contributed by atoms with E-state index in [-0.39, 0.29) is 0 Å². The van der Waals surface area contributed by atoms with Crippen molar-refractivity contribution in [1.82, 2.24) is 0 Å². The standard InChI is InChI=1S/C16H26N2/c1-4-13-5-8-15(9-6-13)18(3)16-10-7-14(17)11-12(16)2/h7,10-11,13,15H,4-6,8-9,17H2,1-3H3. The molecule has 0 spiro atoms. The Kier molecular flexibility index (Phi) is 4.15. The zero-order valence-corrected chi connectivity index (χ0v) is 11.9. The summed E-state index contributed by atoms with van der Waals surface area (Å²) in [6.07, 6.45) is 6.79. The molecule has 1 aromatic rings. The highest BCUT2D eigenvalue weighted by Gasteiger charge is 2.23. The second-order valence-electron chi connectivity index (χ2n) is 5.74. The van der Waals surface area contributed by atoms with E-state index in [1.165, 1.54) is 43.4 Å². The van der Waals surface area contributed by atoms with Crippen molar-refractivity contribution in [2.75, 3.05) is 17.7 Å². The van der Waals surface area contributed by atoms with Crippen LogP contribution >= 0.6 is 0 Å². The first-order valence-electron chi connectivity index (χ1n) is 7.20. The minimum absolute atomic E-state index is 0.704. The summed E-state index contributed by atoms with van der Waals surface area (Å²) in [6, 6.07) is 6.95. The van der Waals surface area contributed by atoms with Crippen molar-refractivity contribution in [3.05, 3.63) is 23.8 Å². The number of anilines is 2. The van der Waals surface area contributed by atoms with Crippen LogP contribution in [0.1, 0.15) is 44.6 Å². The van der Waals surface area contributed by atoms with Gasteiger partial charge in [-0.15, -0.1) is 0 Å². The zero-order valence-electron chi connectivity index (χ0n) is 11.9. The van der Waals surface area contributed by atoms with Crippen LogP contribution in [-0.2, 0) is 0 Å². The van der Waals surface area contributed by atoms with Gasteiger partial charge in [0.1, 0.15) is 0 Å². The summed E-state index contributed by atoms with van der Waals surface area (Å²) in [5, 5.41) is 0. The second-order valence-corrected chi connectivity index (χ2v) is 5.74. The lowest BCUT2D eigenvalue weighted by Crippen LogP contribution is -2.35. The molecule has 0 atom stereocenters. The van der Waals surface area contributed by atoms with Gasteiger partial charge in [0.2, 0.25) is 0 Å². The minimum atomic E-state index is 0.704. The lowest BCUT2D eigenvalue weighted by molar-refractivity contribution is 0.313. The van der Waals surface area contributed by atoms with E-state index in [0.717, 1.165) is 11.6 Å². The monoisotopic (exact) mass is 246 g/mol. The fourth-order valence-electron chi connectivity index (χ4n) is 3.21. The summed E-state index contributed by atoms with van der Waals surface area (Å²) < 4.78 is 0. The number of rotatable bonds is 3. The quantitative estimate of drug-likeness (QED) is 0.817. The van der Waals surface area contributed by atoms with Gasteiger partial charge in [-0.05, 0) is 62.3 Å². The zero-order chi connectivity index (χ0) is 13.1. The Balaban J connectivity index is 2.05. The number of benzene rings is 1. The Labute approximate surface area is 111 Å². The molecule has 2 N–H and O–H groups in total. The fourth-order valence-corrected chi connectivity index (χ4v) is 3.21. The third-order valence-corrected chi connectivity index (χ3v) is 4.54. The molecule has 100 valence electrons. The van der Waals surface area contributed by atoms with Gasteiger partial charge in [-0.2, -0.15) is 0 Å². The molecule has 18 heavy (non-hydrogen) atoms. The smallest absolute Gasteiger partial charge is 0.0397 e. The highest BCUT2D eigenvalue weighted by atomic mass is 15.1. The molecule has 1 saturated carbocycles. The van der Waals surface area contributed by atoms with E-state index in [1.807, 2.05) is 6.07 Å². The molecular formula is C16H26N2. The van der Waals surface area contributed by atoms with Gasteiger partial charge < -0.3 is 10.6 Å². The molecule has 0 heterocycles. The van der Waals surface area contributed by atoms with Gasteiger partial charge in [-0.25, -0.2) is 0 Å². The van der Waals surface area contributed by atoms with Crippen LogP contribution in [0.25, 0.3) is 0 Å². The summed E-state index contributed by atoms with van der Waals surface area (Å²) in [4.78, 5) is 2.46. The van der Waals surface area contributed by atoms with Crippen LogP contribution < -0.4 is 10.6 Å². The summed E-state index contributed by atoms with van der Waals surface area (Å²) in [6.45, 7) is 4.47. The molecule has 1 fully saturated rings. The van der Waals surface area contributed by atoms with E-state index < -0.39 is 0 Å².